The molecule has 1 aliphatic rings. The molecule has 1 saturated carbocycles. The summed E-state index contributed by atoms with van der Waals surface area (Å²) in [6.07, 6.45) is 4.36. The second kappa shape index (κ2) is 4.77. The minimum Gasteiger partial charge on any atom is -0.383 e. The second-order valence-electron chi connectivity index (χ2n) is 5.48. The van der Waals surface area contributed by atoms with Gasteiger partial charge < -0.3 is 11.1 Å². The molecule has 3 rings (SSSR count). The first kappa shape index (κ1) is 12.9. The van der Waals surface area contributed by atoms with E-state index in [1.807, 2.05) is 31.8 Å². The van der Waals surface area contributed by atoms with E-state index >= 15 is 0 Å². The third-order valence-electron chi connectivity index (χ3n) is 3.70. The van der Waals surface area contributed by atoms with Crippen molar-refractivity contribution < 1.29 is 0 Å². The highest BCUT2D eigenvalue weighted by Crippen LogP contribution is 2.39. The summed E-state index contributed by atoms with van der Waals surface area (Å²) >= 11 is 0. The fourth-order valence-corrected chi connectivity index (χ4v) is 2.25. The van der Waals surface area contributed by atoms with E-state index in [4.69, 9.17) is 5.73 Å². The van der Waals surface area contributed by atoms with Gasteiger partial charge in [-0.3, -0.25) is 4.68 Å². The molecule has 0 aliphatic heterocycles. The maximum Gasteiger partial charge on any atom is 0.136 e. The molecule has 0 radical (unpaired) electrons. The van der Waals surface area contributed by atoms with Gasteiger partial charge in [0, 0.05) is 36.8 Å². The van der Waals surface area contributed by atoms with E-state index in [-0.39, 0.29) is 0 Å². The third kappa shape index (κ3) is 2.45. The Hall–Kier alpha value is -2.11. The number of nitrogens with one attached hydrogen (secondary N) is 1. The molecule has 0 aromatic carbocycles. The predicted octanol–water partition coefficient (Wildman–Crippen LogP) is 1.90. The van der Waals surface area contributed by atoms with Gasteiger partial charge in [0.1, 0.15) is 17.5 Å². The molecule has 2 heterocycles. The number of nitrogens with zero attached hydrogens (tertiary/aromatic N) is 4. The Morgan fingerprint density at radius 3 is 2.70 bits per heavy atom. The Bertz CT molecular complexity index is 641. The molecule has 0 spiro atoms. The van der Waals surface area contributed by atoms with E-state index in [2.05, 4.69) is 20.4 Å². The summed E-state index contributed by atoms with van der Waals surface area (Å²) in [6.45, 7) is 4.65. The van der Waals surface area contributed by atoms with Crippen LogP contribution in [0, 0.1) is 13.8 Å². The maximum atomic E-state index is 5.98. The number of hydrogen-bond donors (Lipinski definition) is 2. The van der Waals surface area contributed by atoms with Gasteiger partial charge in [-0.1, -0.05) is 0 Å². The summed E-state index contributed by atoms with van der Waals surface area (Å²) in [5.41, 5.74) is 9.09. The molecule has 0 saturated heterocycles. The van der Waals surface area contributed by atoms with Crippen LogP contribution in [0.5, 0.6) is 0 Å². The van der Waals surface area contributed by atoms with Gasteiger partial charge in [0.25, 0.3) is 0 Å². The van der Waals surface area contributed by atoms with Crippen LogP contribution in [0.4, 0.5) is 11.6 Å². The average Bonchev–Trinajstić information content (AvgIpc) is 3.18. The van der Waals surface area contributed by atoms with Gasteiger partial charge in [-0.25, -0.2) is 9.97 Å². The highest BCUT2D eigenvalue weighted by atomic mass is 15.3. The van der Waals surface area contributed by atoms with Crippen molar-refractivity contribution in [1.29, 1.82) is 0 Å². The molecule has 1 fully saturated rings. The first-order valence-corrected chi connectivity index (χ1v) is 6.91. The van der Waals surface area contributed by atoms with E-state index in [1.165, 1.54) is 12.8 Å². The molecule has 6 nitrogen and oxygen atoms in total. The monoisotopic (exact) mass is 272 g/mol. The van der Waals surface area contributed by atoms with E-state index < -0.39 is 0 Å². The molecule has 0 bridgehead atoms. The van der Waals surface area contributed by atoms with Crippen LogP contribution in [0.25, 0.3) is 0 Å². The Morgan fingerprint density at radius 1 is 1.35 bits per heavy atom. The predicted molar refractivity (Wildman–Crippen MR) is 78.4 cm³/mol. The highest BCUT2D eigenvalue weighted by molar-refractivity contribution is 5.55. The van der Waals surface area contributed by atoms with Crippen LogP contribution in [0.2, 0.25) is 0 Å². The number of nitrogen functional groups attached to an aromatic ring is 1. The van der Waals surface area contributed by atoms with Crippen molar-refractivity contribution in [3.63, 3.8) is 0 Å². The van der Waals surface area contributed by atoms with E-state index in [1.54, 1.807) is 0 Å². The summed E-state index contributed by atoms with van der Waals surface area (Å²) in [4.78, 5) is 9.00. The SMILES string of the molecule is Cc1nn(C)cc1CNc1nc(C2CC2)nc(N)c1C. The molecule has 3 N–H and O–H groups in total. The molecular formula is C14H20N6. The summed E-state index contributed by atoms with van der Waals surface area (Å²) in [5, 5.41) is 7.70. The molecule has 20 heavy (non-hydrogen) atoms. The molecule has 0 amide bonds. The van der Waals surface area contributed by atoms with Crippen LogP contribution >= 0.6 is 0 Å². The van der Waals surface area contributed by atoms with Crippen molar-refractivity contribution in [2.75, 3.05) is 11.1 Å². The number of aryl methyl sites for hydroxylation is 2. The molecule has 0 unspecified atom stereocenters. The number of rotatable bonds is 4. The second-order valence-corrected chi connectivity index (χ2v) is 5.48. The van der Waals surface area contributed by atoms with Crippen LogP contribution in [0.1, 0.15) is 41.4 Å². The summed E-state index contributed by atoms with van der Waals surface area (Å²) in [5.74, 6) is 2.78. The lowest BCUT2D eigenvalue weighted by Gasteiger charge is -2.11. The zero-order chi connectivity index (χ0) is 14.3. The summed E-state index contributed by atoms with van der Waals surface area (Å²) < 4.78 is 1.82. The number of aromatic nitrogens is 4. The van der Waals surface area contributed by atoms with E-state index in [9.17, 15) is 0 Å². The van der Waals surface area contributed by atoms with Crippen molar-refractivity contribution in [2.24, 2.45) is 7.05 Å². The largest absolute Gasteiger partial charge is 0.383 e. The zero-order valence-electron chi connectivity index (χ0n) is 12.1. The third-order valence-corrected chi connectivity index (χ3v) is 3.70. The lowest BCUT2D eigenvalue weighted by atomic mass is 10.2. The topological polar surface area (TPSA) is 81.7 Å². The molecule has 6 heteroatoms. The molecule has 106 valence electrons. The van der Waals surface area contributed by atoms with Crippen molar-refractivity contribution in [3.8, 4) is 0 Å². The minimum atomic E-state index is 0.499. The molecule has 0 atom stereocenters. The van der Waals surface area contributed by atoms with Gasteiger partial charge in [-0.2, -0.15) is 5.10 Å². The summed E-state index contributed by atoms with van der Waals surface area (Å²) in [7, 11) is 1.93. The Labute approximate surface area is 118 Å². The fourth-order valence-electron chi connectivity index (χ4n) is 2.25. The smallest absolute Gasteiger partial charge is 0.136 e. The molecule has 1 aliphatic carbocycles. The van der Waals surface area contributed by atoms with Gasteiger partial charge in [0.2, 0.25) is 0 Å². The minimum absolute atomic E-state index is 0.499. The van der Waals surface area contributed by atoms with Crippen LogP contribution < -0.4 is 11.1 Å². The van der Waals surface area contributed by atoms with Crippen molar-refractivity contribution in [3.05, 3.63) is 28.8 Å². The van der Waals surface area contributed by atoms with Crippen molar-refractivity contribution in [1.82, 2.24) is 19.7 Å². The zero-order valence-corrected chi connectivity index (χ0v) is 12.1. The Balaban J connectivity index is 1.81. The lowest BCUT2D eigenvalue weighted by Crippen LogP contribution is -2.09. The van der Waals surface area contributed by atoms with Gasteiger partial charge in [0.05, 0.1) is 5.69 Å². The van der Waals surface area contributed by atoms with Gasteiger partial charge in [-0.05, 0) is 26.7 Å². The van der Waals surface area contributed by atoms with E-state index in [0.29, 0.717) is 18.3 Å². The normalized spacial score (nSPS) is 14.6. The van der Waals surface area contributed by atoms with Crippen molar-refractivity contribution >= 4 is 11.6 Å². The van der Waals surface area contributed by atoms with Crippen LogP contribution in [0.15, 0.2) is 6.20 Å². The van der Waals surface area contributed by atoms with Gasteiger partial charge in [-0.15, -0.1) is 0 Å². The van der Waals surface area contributed by atoms with Crippen molar-refractivity contribution in [2.45, 2.75) is 39.2 Å². The number of anilines is 2. The number of nitrogens with two attached hydrogens (primary N) is 1. The molecular weight excluding hydrogens is 252 g/mol. The van der Waals surface area contributed by atoms with Crippen LogP contribution in [-0.4, -0.2) is 19.7 Å². The Kier molecular flexibility index (Phi) is 3.08. The first-order valence-electron chi connectivity index (χ1n) is 6.91. The lowest BCUT2D eigenvalue weighted by molar-refractivity contribution is 0.756. The molecule has 2 aromatic rings. The average molecular weight is 272 g/mol. The van der Waals surface area contributed by atoms with Gasteiger partial charge in [0.15, 0.2) is 0 Å². The Morgan fingerprint density at radius 2 is 2.10 bits per heavy atom. The van der Waals surface area contributed by atoms with Crippen LogP contribution in [-0.2, 0) is 13.6 Å². The number of hydrogen-bond acceptors (Lipinski definition) is 5. The standard InChI is InChI=1S/C14H20N6/c1-8-12(15)17-14(10-4-5-10)18-13(8)16-6-11-7-20(3)19-9(11)2/h7,10H,4-6H2,1-3H3,(H3,15,16,17,18). The highest BCUT2D eigenvalue weighted by Gasteiger charge is 2.27. The van der Waals surface area contributed by atoms with Crippen LogP contribution in [0.3, 0.4) is 0 Å². The maximum absolute atomic E-state index is 5.98. The molecule has 2 aromatic heterocycles. The van der Waals surface area contributed by atoms with Gasteiger partial charge >= 0.3 is 0 Å². The summed E-state index contributed by atoms with van der Waals surface area (Å²) in [6, 6.07) is 0. The fraction of sp³-hybridized carbons (Fsp3) is 0.500. The van der Waals surface area contributed by atoms with E-state index in [0.717, 1.165) is 28.5 Å². The quantitative estimate of drug-likeness (QED) is 0.888. The first-order chi connectivity index (χ1) is 9.54.